The molecule has 1 heterocycles. The second-order valence-corrected chi connectivity index (χ2v) is 4.68. The van der Waals surface area contributed by atoms with Crippen molar-refractivity contribution in [1.82, 2.24) is 5.32 Å². The third kappa shape index (κ3) is 2.91. The highest BCUT2D eigenvalue weighted by molar-refractivity contribution is 7.10. The number of hydrogen-bond donors (Lipinski definition) is 1. The van der Waals surface area contributed by atoms with Crippen LogP contribution < -0.4 is 5.32 Å². The summed E-state index contributed by atoms with van der Waals surface area (Å²) in [4.78, 5) is 12.2. The largest absolute Gasteiger partial charge is 0.345 e. The minimum Gasteiger partial charge on any atom is -0.345 e. The number of carbonyl (C=O) groups is 1. The van der Waals surface area contributed by atoms with Gasteiger partial charge in [-0.3, -0.25) is 4.79 Å². The Hall–Kier alpha value is -1.68. The van der Waals surface area contributed by atoms with E-state index in [9.17, 15) is 9.18 Å². The summed E-state index contributed by atoms with van der Waals surface area (Å²) >= 11 is 1.56. The molecule has 1 amide bonds. The fraction of sp³-hybridized carbons (Fsp3) is 0.154. The topological polar surface area (TPSA) is 29.1 Å². The first-order valence-corrected chi connectivity index (χ1v) is 6.11. The Morgan fingerprint density at radius 2 is 2.00 bits per heavy atom. The first kappa shape index (κ1) is 11.8. The predicted octanol–water partition coefficient (Wildman–Crippen LogP) is 3.11. The van der Waals surface area contributed by atoms with Crippen LogP contribution in [0.4, 0.5) is 4.39 Å². The lowest BCUT2D eigenvalue weighted by Gasteiger charge is -2.16. The van der Waals surface area contributed by atoms with Crippen LogP contribution in [0.2, 0.25) is 0 Å². The van der Waals surface area contributed by atoms with Gasteiger partial charge in [-0.25, -0.2) is 4.39 Å². The lowest BCUT2D eigenvalue weighted by Crippen LogP contribution is -2.26. The number of hydrogen-bond acceptors (Lipinski definition) is 2. The van der Waals surface area contributed by atoms with Crippen LogP contribution in [0.5, 0.6) is 0 Å². The molecule has 88 valence electrons. The zero-order valence-corrected chi connectivity index (χ0v) is 10.1. The molecule has 1 atom stereocenters. The van der Waals surface area contributed by atoms with E-state index in [0.717, 1.165) is 10.4 Å². The van der Waals surface area contributed by atoms with Gasteiger partial charge in [0, 0.05) is 11.8 Å². The molecule has 0 saturated carbocycles. The van der Waals surface area contributed by atoms with Crippen molar-refractivity contribution >= 4 is 17.2 Å². The van der Waals surface area contributed by atoms with E-state index < -0.39 is 0 Å². The molecular weight excluding hydrogens is 237 g/mol. The Morgan fingerprint density at radius 1 is 1.29 bits per heavy atom. The van der Waals surface area contributed by atoms with Gasteiger partial charge in [-0.2, -0.15) is 0 Å². The second kappa shape index (κ2) is 5.10. The van der Waals surface area contributed by atoms with Crippen molar-refractivity contribution in [3.63, 3.8) is 0 Å². The van der Waals surface area contributed by atoms with Crippen molar-refractivity contribution < 1.29 is 9.18 Å². The molecule has 1 aromatic heterocycles. The number of rotatable bonds is 3. The van der Waals surface area contributed by atoms with E-state index in [2.05, 4.69) is 5.32 Å². The number of nitrogens with one attached hydrogen (secondary N) is 1. The molecular formula is C13H12FNOS. The minimum atomic E-state index is -0.276. The Morgan fingerprint density at radius 3 is 2.53 bits per heavy atom. The molecule has 2 nitrogen and oxygen atoms in total. The highest BCUT2D eigenvalue weighted by atomic mass is 32.1. The molecule has 0 saturated heterocycles. The summed E-state index contributed by atoms with van der Waals surface area (Å²) in [6, 6.07) is 9.86. The smallest absolute Gasteiger partial charge is 0.217 e. The van der Waals surface area contributed by atoms with Crippen molar-refractivity contribution in [2.45, 2.75) is 13.0 Å². The molecule has 0 aliphatic carbocycles. The van der Waals surface area contributed by atoms with Crippen LogP contribution in [-0.4, -0.2) is 5.91 Å². The molecule has 0 fully saturated rings. The van der Waals surface area contributed by atoms with Gasteiger partial charge in [-0.1, -0.05) is 18.2 Å². The Labute approximate surface area is 103 Å². The zero-order valence-electron chi connectivity index (χ0n) is 9.31. The summed E-state index contributed by atoms with van der Waals surface area (Å²) < 4.78 is 12.9. The summed E-state index contributed by atoms with van der Waals surface area (Å²) in [7, 11) is 0. The molecule has 0 aliphatic heterocycles. The number of thiophene rings is 1. The average Bonchev–Trinajstić information content (AvgIpc) is 2.80. The molecule has 1 aromatic carbocycles. The van der Waals surface area contributed by atoms with E-state index in [4.69, 9.17) is 0 Å². The van der Waals surface area contributed by atoms with Crippen LogP contribution in [0.1, 0.15) is 23.4 Å². The predicted molar refractivity (Wildman–Crippen MR) is 66.4 cm³/mol. The van der Waals surface area contributed by atoms with Gasteiger partial charge in [-0.15, -0.1) is 11.3 Å². The molecule has 0 bridgehead atoms. The van der Waals surface area contributed by atoms with Crippen LogP contribution in [0.3, 0.4) is 0 Å². The van der Waals surface area contributed by atoms with Crippen LogP contribution in [0, 0.1) is 5.82 Å². The molecule has 0 unspecified atom stereocenters. The highest BCUT2D eigenvalue weighted by Crippen LogP contribution is 2.26. The molecule has 0 aliphatic rings. The van der Waals surface area contributed by atoms with Crippen molar-refractivity contribution in [3.05, 3.63) is 58.0 Å². The molecule has 0 radical (unpaired) electrons. The fourth-order valence-corrected chi connectivity index (χ4v) is 2.44. The molecule has 1 N–H and O–H groups in total. The van der Waals surface area contributed by atoms with E-state index in [1.807, 2.05) is 17.5 Å². The number of carbonyl (C=O) groups excluding carboxylic acids is 1. The SMILES string of the molecule is CC(=O)N[C@@H](c1ccc(F)cc1)c1cccs1. The fourth-order valence-electron chi connectivity index (χ4n) is 1.63. The molecule has 4 heteroatoms. The maximum atomic E-state index is 12.9. The van der Waals surface area contributed by atoms with Crippen LogP contribution in [0.15, 0.2) is 41.8 Å². The summed E-state index contributed by atoms with van der Waals surface area (Å²) in [5.74, 6) is -0.380. The second-order valence-electron chi connectivity index (χ2n) is 3.70. The standard InChI is InChI=1S/C13H12FNOS/c1-9(16)15-13(12-3-2-8-17-12)10-4-6-11(14)7-5-10/h2-8,13H,1H3,(H,15,16)/t13-/m0/s1. The minimum absolute atomic E-state index is 0.104. The number of benzene rings is 1. The monoisotopic (exact) mass is 249 g/mol. The Bertz CT molecular complexity index is 493. The lowest BCUT2D eigenvalue weighted by molar-refractivity contribution is -0.119. The van der Waals surface area contributed by atoms with Gasteiger partial charge in [0.1, 0.15) is 5.82 Å². The first-order valence-electron chi connectivity index (χ1n) is 5.23. The van der Waals surface area contributed by atoms with E-state index in [0.29, 0.717) is 0 Å². The quantitative estimate of drug-likeness (QED) is 0.889. The summed E-state index contributed by atoms with van der Waals surface area (Å²) in [5, 5.41) is 4.82. The van der Waals surface area contributed by atoms with E-state index in [1.54, 1.807) is 23.5 Å². The van der Waals surface area contributed by atoms with Gasteiger partial charge >= 0.3 is 0 Å². The molecule has 2 rings (SSSR count). The summed E-state index contributed by atoms with van der Waals surface area (Å²) in [6.45, 7) is 1.48. The van der Waals surface area contributed by atoms with E-state index in [-0.39, 0.29) is 17.8 Å². The Kier molecular flexibility index (Phi) is 3.54. The number of halogens is 1. The molecule has 17 heavy (non-hydrogen) atoms. The van der Waals surface area contributed by atoms with Gasteiger partial charge in [0.2, 0.25) is 5.91 Å². The first-order chi connectivity index (χ1) is 8.16. The van der Waals surface area contributed by atoms with Crippen molar-refractivity contribution in [2.75, 3.05) is 0 Å². The van der Waals surface area contributed by atoms with Crippen LogP contribution in [-0.2, 0) is 4.79 Å². The number of amides is 1. The van der Waals surface area contributed by atoms with Gasteiger partial charge in [0.05, 0.1) is 6.04 Å². The lowest BCUT2D eigenvalue weighted by atomic mass is 10.1. The Balaban J connectivity index is 2.33. The third-order valence-corrected chi connectivity index (χ3v) is 3.32. The maximum absolute atomic E-state index is 12.9. The highest BCUT2D eigenvalue weighted by Gasteiger charge is 2.15. The normalized spacial score (nSPS) is 12.1. The average molecular weight is 249 g/mol. The van der Waals surface area contributed by atoms with Gasteiger partial charge in [0.25, 0.3) is 0 Å². The van der Waals surface area contributed by atoms with Gasteiger partial charge in [0.15, 0.2) is 0 Å². The van der Waals surface area contributed by atoms with Crippen LogP contribution >= 0.6 is 11.3 Å². The maximum Gasteiger partial charge on any atom is 0.217 e. The van der Waals surface area contributed by atoms with Crippen LogP contribution in [0.25, 0.3) is 0 Å². The molecule has 0 spiro atoms. The summed E-state index contributed by atoms with van der Waals surface area (Å²) in [6.07, 6.45) is 0. The van der Waals surface area contributed by atoms with Gasteiger partial charge < -0.3 is 5.32 Å². The van der Waals surface area contributed by atoms with Gasteiger partial charge in [-0.05, 0) is 29.1 Å². The van der Waals surface area contributed by atoms with Crippen molar-refractivity contribution in [2.24, 2.45) is 0 Å². The third-order valence-electron chi connectivity index (χ3n) is 2.38. The van der Waals surface area contributed by atoms with Crippen molar-refractivity contribution in [3.8, 4) is 0 Å². The van der Waals surface area contributed by atoms with E-state index >= 15 is 0 Å². The summed E-state index contributed by atoms with van der Waals surface area (Å²) in [5.41, 5.74) is 0.879. The zero-order chi connectivity index (χ0) is 12.3. The van der Waals surface area contributed by atoms with Crippen molar-refractivity contribution in [1.29, 1.82) is 0 Å². The molecule has 2 aromatic rings. The van der Waals surface area contributed by atoms with E-state index in [1.165, 1.54) is 19.1 Å².